The average Bonchev–Trinajstić information content (AvgIpc) is 2.94. The van der Waals surface area contributed by atoms with Gasteiger partial charge in [-0.25, -0.2) is 0 Å². The van der Waals surface area contributed by atoms with Crippen LogP contribution in [-0.4, -0.2) is 0 Å². The van der Waals surface area contributed by atoms with Gasteiger partial charge >= 0.3 is 0 Å². The van der Waals surface area contributed by atoms with E-state index in [2.05, 4.69) is 31.9 Å². The van der Waals surface area contributed by atoms with Gasteiger partial charge in [-0.05, 0) is 48.5 Å². The average molecular weight is 645 g/mol. The number of nitrogens with zero attached hydrogens (tertiary/aromatic N) is 2. The van der Waals surface area contributed by atoms with E-state index >= 15 is 0 Å². The highest BCUT2D eigenvalue weighted by Crippen LogP contribution is 2.05. The Kier molecular flexibility index (Phi) is 48.4. The van der Waals surface area contributed by atoms with Crippen molar-refractivity contribution in [3.63, 3.8) is 0 Å². The van der Waals surface area contributed by atoms with E-state index in [0.717, 1.165) is 8.95 Å². The number of halogens is 2. The summed E-state index contributed by atoms with van der Waals surface area (Å²) in [7, 11) is 0. The van der Waals surface area contributed by atoms with Crippen molar-refractivity contribution in [1.82, 2.24) is 0 Å². The Labute approximate surface area is 252 Å². The van der Waals surface area contributed by atoms with Gasteiger partial charge in [0.25, 0.3) is 0 Å². The summed E-state index contributed by atoms with van der Waals surface area (Å²) in [6.45, 7) is 8.00. The second kappa shape index (κ2) is 38.4. The number of rotatable bonds is 0. The molecule has 0 saturated heterocycles. The van der Waals surface area contributed by atoms with Crippen molar-refractivity contribution in [1.29, 1.82) is 10.5 Å². The number of hydrogen-bond acceptors (Lipinski definition) is 2. The van der Waals surface area contributed by atoms with Crippen LogP contribution in [0.2, 0.25) is 0 Å². The highest BCUT2D eigenvalue weighted by molar-refractivity contribution is 9.10. The van der Waals surface area contributed by atoms with Crippen LogP contribution in [0.25, 0.3) is 0 Å². The second-order valence-corrected chi connectivity index (χ2v) is 7.38. The third kappa shape index (κ3) is 30.9. The largest absolute Gasteiger partial charge is 0.192 e. The van der Waals surface area contributed by atoms with Crippen molar-refractivity contribution in [2.75, 3.05) is 0 Å². The van der Waals surface area contributed by atoms with E-state index < -0.39 is 0 Å². The Morgan fingerprint density at radius 2 is 0.579 bits per heavy atom. The molecule has 2 nitrogen and oxygen atoms in total. The first-order valence-electron chi connectivity index (χ1n) is 11.0. The first-order valence-corrected chi connectivity index (χ1v) is 12.6. The predicted octanol–water partition coefficient (Wildman–Crippen LogP) is 12.6. The molecule has 0 radical (unpaired) electrons. The van der Waals surface area contributed by atoms with E-state index in [-0.39, 0.29) is 29.7 Å². The lowest BCUT2D eigenvalue weighted by atomic mass is 10.2. The molecule has 208 valence electrons. The maximum Gasteiger partial charge on any atom is 0.0991 e. The highest BCUT2D eigenvalue weighted by atomic mass is 79.9. The molecule has 4 aromatic rings. The van der Waals surface area contributed by atoms with Crippen LogP contribution in [0.15, 0.2) is 130 Å². The third-order valence-corrected chi connectivity index (χ3v) is 4.33. The minimum atomic E-state index is 0. The van der Waals surface area contributed by atoms with Crippen molar-refractivity contribution in [2.45, 2.75) is 57.4 Å². The Morgan fingerprint density at radius 3 is 0.684 bits per heavy atom. The fourth-order valence-electron chi connectivity index (χ4n) is 1.85. The molecule has 38 heavy (non-hydrogen) atoms. The molecular formula is C34H48Br2N2. The van der Waals surface area contributed by atoms with Gasteiger partial charge < -0.3 is 0 Å². The zero-order valence-electron chi connectivity index (χ0n) is 20.2. The summed E-state index contributed by atoms with van der Waals surface area (Å²) in [5.41, 5.74) is 1.43. The zero-order valence-corrected chi connectivity index (χ0v) is 23.4. The topological polar surface area (TPSA) is 47.6 Å². The molecule has 0 aliphatic carbocycles. The van der Waals surface area contributed by atoms with Gasteiger partial charge in [0, 0.05) is 8.95 Å². The summed E-state index contributed by atoms with van der Waals surface area (Å²) in [6.07, 6.45) is 0. The fourth-order valence-corrected chi connectivity index (χ4v) is 2.47. The molecule has 0 aromatic heterocycles. The van der Waals surface area contributed by atoms with Crippen LogP contribution >= 0.6 is 31.9 Å². The zero-order chi connectivity index (χ0) is 25.9. The van der Waals surface area contributed by atoms with Crippen LogP contribution in [0, 0.1) is 22.7 Å². The molecule has 0 aliphatic heterocycles. The number of benzene rings is 4. The summed E-state index contributed by atoms with van der Waals surface area (Å²) in [5, 5.41) is 16.6. The number of hydrogen-bond donors (Lipinski definition) is 0. The molecule has 0 unspecified atom stereocenters. The molecular weight excluding hydrogens is 596 g/mol. The van der Waals surface area contributed by atoms with Crippen LogP contribution in [0.3, 0.4) is 0 Å². The normalized spacial score (nSPS) is 6.84. The monoisotopic (exact) mass is 642 g/mol. The first-order chi connectivity index (χ1) is 16.7. The molecule has 0 fully saturated rings. The van der Waals surface area contributed by atoms with Gasteiger partial charge in [-0.3, -0.25) is 0 Å². The van der Waals surface area contributed by atoms with Gasteiger partial charge in [0.05, 0.1) is 23.3 Å². The van der Waals surface area contributed by atoms with Crippen LogP contribution < -0.4 is 0 Å². The van der Waals surface area contributed by atoms with E-state index in [1.807, 2.05) is 137 Å². The van der Waals surface area contributed by atoms with Crippen molar-refractivity contribution in [3.8, 4) is 12.1 Å². The lowest BCUT2D eigenvalue weighted by molar-refractivity contribution is 1.49. The van der Waals surface area contributed by atoms with Crippen LogP contribution in [-0.2, 0) is 0 Å². The minimum Gasteiger partial charge on any atom is -0.192 e. The van der Waals surface area contributed by atoms with Gasteiger partial charge in [0.1, 0.15) is 0 Å². The molecule has 0 spiro atoms. The summed E-state index contributed by atoms with van der Waals surface area (Å²) >= 11 is 6.62. The van der Waals surface area contributed by atoms with Crippen molar-refractivity contribution >= 4 is 31.9 Å². The Morgan fingerprint density at radius 1 is 0.395 bits per heavy atom. The quantitative estimate of drug-likeness (QED) is 0.191. The Bertz CT molecular complexity index is 923. The Hall–Kier alpha value is -3.18. The van der Waals surface area contributed by atoms with Gasteiger partial charge in [0.2, 0.25) is 0 Å². The van der Waals surface area contributed by atoms with Crippen LogP contribution in [0.4, 0.5) is 0 Å². The van der Waals surface area contributed by atoms with E-state index in [1.54, 1.807) is 24.3 Å². The molecule has 0 atom stereocenters. The van der Waals surface area contributed by atoms with Crippen molar-refractivity contribution in [3.05, 3.63) is 141 Å². The van der Waals surface area contributed by atoms with Gasteiger partial charge in [-0.1, -0.05) is 162 Å². The van der Waals surface area contributed by atoms with Crippen molar-refractivity contribution in [2.24, 2.45) is 0 Å². The second-order valence-electron chi connectivity index (χ2n) is 5.55. The summed E-state index contributed by atoms with van der Waals surface area (Å²) in [6, 6.07) is 42.3. The van der Waals surface area contributed by atoms with Crippen LogP contribution in [0.5, 0.6) is 0 Å². The molecule has 4 rings (SSSR count). The van der Waals surface area contributed by atoms with E-state index in [9.17, 15) is 0 Å². The van der Waals surface area contributed by atoms with Crippen LogP contribution in [0.1, 0.15) is 68.5 Å². The van der Waals surface area contributed by atoms with Gasteiger partial charge in [-0.15, -0.1) is 0 Å². The predicted molar refractivity (Wildman–Crippen MR) is 180 cm³/mol. The third-order valence-electron chi connectivity index (χ3n) is 3.27. The Balaban J connectivity index is -0.0000000832. The van der Waals surface area contributed by atoms with E-state index in [4.69, 9.17) is 10.5 Å². The van der Waals surface area contributed by atoms with Crippen molar-refractivity contribution < 1.29 is 0 Å². The maximum absolute atomic E-state index is 8.29. The maximum atomic E-state index is 8.29. The minimum absolute atomic E-state index is 0. The summed E-state index contributed by atoms with van der Waals surface area (Å²) < 4.78 is 2.27. The lowest BCUT2D eigenvalue weighted by Gasteiger charge is -1.80. The number of nitriles is 2. The highest BCUT2D eigenvalue weighted by Gasteiger charge is 1.80. The standard InChI is InChI=1S/2C7H5N.2C6H5Br.2C2H6.4CH4/c2*8-6-7-4-2-1-3-5-7;2*7-6-4-2-1-3-5-6;2*1-2;;;;/h2*1-5H;2*1-5H;2*1-2H3;4*1H4. The molecule has 0 bridgehead atoms. The molecule has 0 amide bonds. The molecule has 0 heterocycles. The lowest BCUT2D eigenvalue weighted by Crippen LogP contribution is -1.66. The summed E-state index contributed by atoms with van der Waals surface area (Å²) in [5.74, 6) is 0. The van der Waals surface area contributed by atoms with E-state index in [1.165, 1.54) is 0 Å². The molecule has 0 saturated carbocycles. The molecule has 4 heteroatoms. The smallest absolute Gasteiger partial charge is 0.0991 e. The first kappa shape index (κ1) is 47.9. The van der Waals surface area contributed by atoms with Gasteiger partial charge in [-0.2, -0.15) is 10.5 Å². The summed E-state index contributed by atoms with van der Waals surface area (Å²) in [4.78, 5) is 0. The molecule has 4 aromatic carbocycles. The molecule has 0 N–H and O–H groups in total. The fraction of sp³-hybridized carbons (Fsp3) is 0.235. The SMILES string of the molecule is Brc1ccccc1.Brc1ccccc1.C.C.C.C.CC.CC.N#Cc1ccccc1.N#Cc1ccccc1. The van der Waals surface area contributed by atoms with E-state index in [0.29, 0.717) is 11.1 Å². The van der Waals surface area contributed by atoms with Gasteiger partial charge in [0.15, 0.2) is 0 Å². The molecule has 0 aliphatic rings.